The highest BCUT2D eigenvalue weighted by atomic mass is 32.2. The maximum Gasteiger partial charge on any atom is 0.322 e. The normalized spacial score (nSPS) is 13.8. The Kier molecular flexibility index (Phi) is 6.94. The number of ether oxygens (including phenoxy) is 2. The molecule has 0 radical (unpaired) electrons. The van der Waals surface area contributed by atoms with Crippen molar-refractivity contribution in [2.75, 3.05) is 18.5 Å². The summed E-state index contributed by atoms with van der Waals surface area (Å²) in [5, 5.41) is 10.1. The maximum atomic E-state index is 13.3. The Morgan fingerprint density at radius 1 is 1.06 bits per heavy atom. The van der Waals surface area contributed by atoms with E-state index in [1.807, 2.05) is 44.2 Å². The molecule has 1 N–H and O–H groups in total. The van der Waals surface area contributed by atoms with Crippen LogP contribution in [0.2, 0.25) is 0 Å². The number of anilines is 1. The second-order valence-corrected chi connectivity index (χ2v) is 9.61. The fourth-order valence-corrected chi connectivity index (χ4v) is 4.87. The number of rotatable bonds is 8. The number of benzene rings is 2. The van der Waals surface area contributed by atoms with Crippen molar-refractivity contribution in [1.29, 1.82) is 0 Å². The molecular weight excluding hydrogens is 460 g/mol. The fraction of sp³-hybridized carbons (Fsp3) is 0.261. The maximum absolute atomic E-state index is 13.3. The third-order valence-corrected chi connectivity index (χ3v) is 7.02. The molecule has 0 saturated heterocycles. The van der Waals surface area contributed by atoms with Gasteiger partial charge in [0.15, 0.2) is 0 Å². The summed E-state index contributed by atoms with van der Waals surface area (Å²) in [6.45, 7) is 4.66. The molecule has 0 aliphatic carbocycles. The Hall–Kier alpha value is -3.70. The van der Waals surface area contributed by atoms with Crippen molar-refractivity contribution in [3.63, 3.8) is 0 Å². The molecule has 3 aromatic rings. The van der Waals surface area contributed by atoms with Crippen LogP contribution in [0.3, 0.4) is 0 Å². The van der Waals surface area contributed by atoms with Gasteiger partial charge >= 0.3 is 6.01 Å². The van der Waals surface area contributed by atoms with E-state index in [1.165, 1.54) is 34.8 Å². The summed E-state index contributed by atoms with van der Waals surface area (Å²) in [6.07, 6.45) is 1.36. The zero-order valence-corrected chi connectivity index (χ0v) is 19.5. The Balaban J connectivity index is 1.46. The second kappa shape index (κ2) is 10.1. The smallest absolute Gasteiger partial charge is 0.322 e. The van der Waals surface area contributed by atoms with E-state index in [0.29, 0.717) is 13.2 Å². The van der Waals surface area contributed by atoms with Crippen molar-refractivity contribution in [3.8, 4) is 0 Å². The molecule has 0 saturated carbocycles. The van der Waals surface area contributed by atoms with E-state index in [4.69, 9.17) is 13.9 Å². The largest absolute Gasteiger partial charge is 0.494 e. The molecule has 2 aromatic carbocycles. The zero-order valence-electron chi connectivity index (χ0n) is 18.7. The number of carbonyl (C=O) groups is 1. The highest BCUT2D eigenvalue weighted by Crippen LogP contribution is 2.23. The van der Waals surface area contributed by atoms with Crippen molar-refractivity contribution >= 4 is 27.7 Å². The highest BCUT2D eigenvalue weighted by molar-refractivity contribution is 7.89. The summed E-state index contributed by atoms with van der Waals surface area (Å²) in [7, 11) is -3.78. The summed E-state index contributed by atoms with van der Waals surface area (Å²) in [5.74, 6) is -0.179. The summed E-state index contributed by atoms with van der Waals surface area (Å²) >= 11 is 0. The molecule has 0 unspecified atom stereocenters. The molecule has 2 heterocycles. The van der Waals surface area contributed by atoms with E-state index in [0.717, 1.165) is 5.56 Å². The minimum Gasteiger partial charge on any atom is -0.494 e. The monoisotopic (exact) mass is 484 g/mol. The zero-order chi connectivity index (χ0) is 24.1. The van der Waals surface area contributed by atoms with Gasteiger partial charge in [-0.15, -0.1) is 5.10 Å². The summed E-state index contributed by atoms with van der Waals surface area (Å²) < 4.78 is 43.8. The van der Waals surface area contributed by atoms with Gasteiger partial charge in [-0.1, -0.05) is 35.4 Å². The Bertz CT molecular complexity index is 1270. The quantitative estimate of drug-likeness (QED) is 0.517. The molecular formula is C23H24N4O6S. The van der Waals surface area contributed by atoms with E-state index in [1.54, 1.807) is 0 Å². The third-order valence-electron chi connectivity index (χ3n) is 4.99. The Labute approximate surface area is 197 Å². The first-order valence-electron chi connectivity index (χ1n) is 10.6. The molecule has 1 aliphatic heterocycles. The van der Waals surface area contributed by atoms with Crippen LogP contribution < -0.4 is 5.32 Å². The number of amides is 1. The van der Waals surface area contributed by atoms with Crippen LogP contribution >= 0.6 is 0 Å². The van der Waals surface area contributed by atoms with E-state index in [9.17, 15) is 13.2 Å². The van der Waals surface area contributed by atoms with Gasteiger partial charge in [0.05, 0.1) is 4.90 Å². The molecule has 1 aliphatic rings. The second-order valence-electron chi connectivity index (χ2n) is 7.72. The lowest BCUT2D eigenvalue weighted by atomic mass is 10.2. The lowest BCUT2D eigenvalue weighted by Crippen LogP contribution is -2.36. The van der Waals surface area contributed by atoms with Crippen molar-refractivity contribution in [2.45, 2.75) is 31.3 Å². The van der Waals surface area contributed by atoms with Gasteiger partial charge < -0.3 is 13.9 Å². The molecule has 34 heavy (non-hydrogen) atoms. The third kappa shape index (κ3) is 5.26. The van der Waals surface area contributed by atoms with Crippen LogP contribution in [-0.2, 0) is 26.0 Å². The molecule has 0 bridgehead atoms. The van der Waals surface area contributed by atoms with Gasteiger partial charge in [-0.05, 0) is 43.7 Å². The first-order chi connectivity index (χ1) is 16.3. The SMILES string of the molecule is CC(C)N(Cc1ccccc1)S(=O)(=O)c1ccc(C(=O)Nc2nnc(C3=COCCO3)o2)cc1. The number of aromatic nitrogens is 2. The molecule has 0 atom stereocenters. The van der Waals surface area contributed by atoms with Crippen LogP contribution in [-0.4, -0.2) is 48.1 Å². The molecule has 11 heteroatoms. The highest BCUT2D eigenvalue weighted by Gasteiger charge is 2.27. The number of nitrogens with one attached hydrogen (secondary N) is 1. The van der Waals surface area contributed by atoms with E-state index < -0.39 is 15.9 Å². The molecule has 0 fully saturated rings. The predicted octanol–water partition coefficient (Wildman–Crippen LogP) is 3.27. The summed E-state index contributed by atoms with van der Waals surface area (Å²) in [6, 6.07) is 14.7. The average molecular weight is 485 g/mol. The Morgan fingerprint density at radius 3 is 2.44 bits per heavy atom. The van der Waals surface area contributed by atoms with Crippen LogP contribution in [0.1, 0.15) is 35.7 Å². The topological polar surface area (TPSA) is 124 Å². The lowest BCUT2D eigenvalue weighted by molar-refractivity contribution is 0.102. The standard InChI is InChI=1S/C23H24N4O6S/c1-16(2)27(14-17-6-4-3-5-7-17)34(29,30)19-10-8-18(9-11-19)21(28)24-23-26-25-22(33-23)20-15-31-12-13-32-20/h3-11,15-16H,12-14H2,1-2H3,(H,24,26,28). The van der Waals surface area contributed by atoms with Crippen LogP contribution in [0.15, 0.2) is 70.2 Å². The van der Waals surface area contributed by atoms with Gasteiger partial charge in [-0.25, -0.2) is 8.42 Å². The van der Waals surface area contributed by atoms with Gasteiger partial charge in [-0.2, -0.15) is 4.31 Å². The molecule has 1 aromatic heterocycles. The van der Waals surface area contributed by atoms with Gasteiger partial charge in [0.25, 0.3) is 11.8 Å². The van der Waals surface area contributed by atoms with Crippen molar-refractivity contribution < 1.29 is 27.1 Å². The van der Waals surface area contributed by atoms with Crippen LogP contribution in [0.4, 0.5) is 6.01 Å². The number of nitrogens with zero attached hydrogens (tertiary/aromatic N) is 3. The van der Waals surface area contributed by atoms with E-state index in [-0.39, 0.29) is 40.7 Å². The Morgan fingerprint density at radius 2 is 1.79 bits per heavy atom. The minimum absolute atomic E-state index is 0.0728. The molecule has 10 nitrogen and oxygen atoms in total. The van der Waals surface area contributed by atoms with Gasteiger partial charge in [0.2, 0.25) is 15.8 Å². The first-order valence-corrected chi connectivity index (χ1v) is 12.0. The van der Waals surface area contributed by atoms with Crippen LogP contribution in [0, 0.1) is 0 Å². The minimum atomic E-state index is -3.78. The molecule has 0 spiro atoms. The predicted molar refractivity (Wildman–Crippen MR) is 123 cm³/mol. The summed E-state index contributed by atoms with van der Waals surface area (Å²) in [4.78, 5) is 12.7. The number of hydrogen-bond donors (Lipinski definition) is 1. The van der Waals surface area contributed by atoms with Gasteiger partial charge in [0.1, 0.15) is 19.5 Å². The fourth-order valence-electron chi connectivity index (χ4n) is 3.25. The number of hydrogen-bond acceptors (Lipinski definition) is 8. The van der Waals surface area contributed by atoms with Crippen molar-refractivity contribution in [3.05, 3.63) is 77.9 Å². The van der Waals surface area contributed by atoms with Gasteiger partial charge in [-0.3, -0.25) is 10.1 Å². The van der Waals surface area contributed by atoms with E-state index in [2.05, 4.69) is 15.5 Å². The van der Waals surface area contributed by atoms with Gasteiger partial charge in [0, 0.05) is 18.2 Å². The lowest BCUT2D eigenvalue weighted by Gasteiger charge is -2.26. The molecule has 1 amide bonds. The molecule has 4 rings (SSSR count). The van der Waals surface area contributed by atoms with E-state index >= 15 is 0 Å². The van der Waals surface area contributed by atoms with Crippen LogP contribution in [0.5, 0.6) is 0 Å². The molecule has 178 valence electrons. The average Bonchev–Trinajstić information content (AvgIpc) is 3.32. The van der Waals surface area contributed by atoms with Crippen molar-refractivity contribution in [1.82, 2.24) is 14.5 Å². The summed E-state index contributed by atoms with van der Waals surface area (Å²) in [5.41, 5.74) is 1.12. The number of carbonyl (C=O) groups excluding carboxylic acids is 1. The van der Waals surface area contributed by atoms with Crippen molar-refractivity contribution in [2.24, 2.45) is 0 Å². The van der Waals surface area contributed by atoms with Crippen LogP contribution in [0.25, 0.3) is 5.76 Å². The number of sulfonamides is 1. The first kappa shape index (κ1) is 23.5.